The van der Waals surface area contributed by atoms with Gasteiger partial charge in [0, 0.05) is 14.2 Å². The van der Waals surface area contributed by atoms with Gasteiger partial charge in [-0.2, -0.15) is 0 Å². The molecule has 0 aromatic carbocycles. The lowest BCUT2D eigenvalue weighted by Gasteiger charge is -2.17. The summed E-state index contributed by atoms with van der Waals surface area (Å²) in [7, 11) is 3.51. The molecule has 1 aromatic rings. The molecule has 0 fully saturated rings. The quantitative estimate of drug-likeness (QED) is 0.787. The average molecular weight is 239 g/mol. The van der Waals surface area contributed by atoms with E-state index in [1.54, 1.807) is 7.11 Å². The first-order chi connectivity index (χ1) is 8.22. The molecule has 1 rings (SSSR count). The van der Waals surface area contributed by atoms with E-state index in [1.807, 2.05) is 14.0 Å². The molecule has 0 radical (unpaired) electrons. The summed E-state index contributed by atoms with van der Waals surface area (Å²) < 4.78 is 10.8. The molecule has 0 saturated heterocycles. The molecule has 5 heteroatoms. The first-order valence-corrected chi connectivity index (χ1v) is 5.90. The number of anilines is 1. The van der Waals surface area contributed by atoms with Crippen molar-refractivity contribution in [2.75, 3.05) is 26.1 Å². The normalized spacial score (nSPS) is 12.2. The van der Waals surface area contributed by atoms with Gasteiger partial charge in [0.1, 0.15) is 18.2 Å². The molecular weight excluding hydrogens is 218 g/mol. The molecule has 1 unspecified atom stereocenters. The second-order valence-corrected chi connectivity index (χ2v) is 3.89. The van der Waals surface area contributed by atoms with E-state index in [9.17, 15) is 0 Å². The standard InChI is InChI=1S/C12H21N3O2/c1-5-6-10-11(13-3)14-8-15-12(10)17-9(2)7-16-4/h8-9H,5-7H2,1-4H3,(H,13,14,15). The number of aromatic nitrogens is 2. The van der Waals surface area contributed by atoms with E-state index in [0.717, 1.165) is 24.2 Å². The Bertz CT molecular complexity index is 345. The fraction of sp³-hybridized carbons (Fsp3) is 0.667. The second kappa shape index (κ2) is 7.06. The predicted molar refractivity (Wildman–Crippen MR) is 67.5 cm³/mol. The van der Waals surface area contributed by atoms with Crippen LogP contribution in [0.5, 0.6) is 5.88 Å². The van der Waals surface area contributed by atoms with E-state index in [4.69, 9.17) is 9.47 Å². The van der Waals surface area contributed by atoms with Gasteiger partial charge in [0.15, 0.2) is 0 Å². The van der Waals surface area contributed by atoms with Crippen LogP contribution < -0.4 is 10.1 Å². The highest BCUT2D eigenvalue weighted by atomic mass is 16.5. The van der Waals surface area contributed by atoms with Crippen LogP contribution in [0.4, 0.5) is 5.82 Å². The maximum absolute atomic E-state index is 5.76. The molecule has 5 nitrogen and oxygen atoms in total. The largest absolute Gasteiger partial charge is 0.472 e. The molecule has 96 valence electrons. The molecule has 17 heavy (non-hydrogen) atoms. The number of hydrogen-bond donors (Lipinski definition) is 1. The van der Waals surface area contributed by atoms with Crippen LogP contribution in [0.15, 0.2) is 6.33 Å². The number of nitrogens with one attached hydrogen (secondary N) is 1. The van der Waals surface area contributed by atoms with Crippen LogP contribution in [0.3, 0.4) is 0 Å². The molecule has 1 aromatic heterocycles. The van der Waals surface area contributed by atoms with E-state index >= 15 is 0 Å². The molecule has 0 bridgehead atoms. The number of hydrogen-bond acceptors (Lipinski definition) is 5. The molecule has 0 spiro atoms. The zero-order valence-electron chi connectivity index (χ0n) is 11.0. The molecule has 1 N–H and O–H groups in total. The van der Waals surface area contributed by atoms with Gasteiger partial charge in [-0.25, -0.2) is 9.97 Å². The van der Waals surface area contributed by atoms with Crippen molar-refractivity contribution in [1.29, 1.82) is 0 Å². The van der Waals surface area contributed by atoms with Gasteiger partial charge < -0.3 is 14.8 Å². The van der Waals surface area contributed by atoms with Gasteiger partial charge in [0.05, 0.1) is 12.2 Å². The van der Waals surface area contributed by atoms with E-state index in [0.29, 0.717) is 12.5 Å². The Morgan fingerprint density at radius 3 is 2.76 bits per heavy atom. The van der Waals surface area contributed by atoms with E-state index < -0.39 is 0 Å². The van der Waals surface area contributed by atoms with Crippen molar-refractivity contribution in [1.82, 2.24) is 9.97 Å². The van der Waals surface area contributed by atoms with Crippen molar-refractivity contribution in [3.05, 3.63) is 11.9 Å². The Kier molecular flexibility index (Phi) is 5.69. The summed E-state index contributed by atoms with van der Waals surface area (Å²) in [6.07, 6.45) is 3.42. The fourth-order valence-electron chi connectivity index (χ4n) is 1.65. The minimum absolute atomic E-state index is 0.0183. The lowest BCUT2D eigenvalue weighted by atomic mass is 10.1. The molecular formula is C12H21N3O2. The van der Waals surface area contributed by atoms with Crippen LogP contribution >= 0.6 is 0 Å². The summed E-state index contributed by atoms with van der Waals surface area (Å²) in [5.74, 6) is 1.48. The average Bonchev–Trinajstić information content (AvgIpc) is 2.32. The van der Waals surface area contributed by atoms with Gasteiger partial charge >= 0.3 is 0 Å². The minimum atomic E-state index is -0.0183. The minimum Gasteiger partial charge on any atom is -0.472 e. The summed E-state index contributed by atoms with van der Waals surface area (Å²) in [6.45, 7) is 4.62. The Labute approximate surface area is 103 Å². The van der Waals surface area contributed by atoms with Crippen LogP contribution in [-0.2, 0) is 11.2 Å². The molecule has 0 amide bonds. The fourth-order valence-corrected chi connectivity index (χ4v) is 1.65. The zero-order valence-corrected chi connectivity index (χ0v) is 11.0. The summed E-state index contributed by atoms with van der Waals surface area (Å²) in [5.41, 5.74) is 1.03. The molecule has 1 atom stereocenters. The van der Waals surface area contributed by atoms with Crippen LogP contribution in [0.25, 0.3) is 0 Å². The van der Waals surface area contributed by atoms with Crippen LogP contribution in [0.2, 0.25) is 0 Å². The lowest BCUT2D eigenvalue weighted by Crippen LogP contribution is -2.20. The Morgan fingerprint density at radius 1 is 1.41 bits per heavy atom. The monoisotopic (exact) mass is 239 g/mol. The van der Waals surface area contributed by atoms with Gasteiger partial charge in [-0.05, 0) is 13.3 Å². The van der Waals surface area contributed by atoms with Gasteiger partial charge in [-0.3, -0.25) is 0 Å². The van der Waals surface area contributed by atoms with Crippen molar-refractivity contribution < 1.29 is 9.47 Å². The predicted octanol–water partition coefficient (Wildman–Crippen LogP) is 1.88. The third-order valence-corrected chi connectivity index (χ3v) is 2.36. The third kappa shape index (κ3) is 3.85. The first kappa shape index (κ1) is 13.7. The van der Waals surface area contributed by atoms with Gasteiger partial charge in [-0.1, -0.05) is 13.3 Å². The second-order valence-electron chi connectivity index (χ2n) is 3.89. The number of rotatable bonds is 7. The van der Waals surface area contributed by atoms with Gasteiger partial charge in [0.25, 0.3) is 0 Å². The van der Waals surface area contributed by atoms with Crippen molar-refractivity contribution in [2.24, 2.45) is 0 Å². The maximum atomic E-state index is 5.76. The molecule has 0 saturated carbocycles. The Morgan fingerprint density at radius 2 is 2.18 bits per heavy atom. The van der Waals surface area contributed by atoms with Crippen molar-refractivity contribution >= 4 is 5.82 Å². The Hall–Kier alpha value is -1.36. The number of nitrogens with zero attached hydrogens (tertiary/aromatic N) is 2. The van der Waals surface area contributed by atoms with Crippen molar-refractivity contribution in [2.45, 2.75) is 32.8 Å². The van der Waals surface area contributed by atoms with Crippen molar-refractivity contribution in [3.8, 4) is 5.88 Å². The topological polar surface area (TPSA) is 56.3 Å². The van der Waals surface area contributed by atoms with E-state index in [-0.39, 0.29) is 6.10 Å². The van der Waals surface area contributed by atoms with Crippen LogP contribution in [0.1, 0.15) is 25.8 Å². The highest BCUT2D eigenvalue weighted by Gasteiger charge is 2.13. The highest BCUT2D eigenvalue weighted by Crippen LogP contribution is 2.24. The molecule has 0 aliphatic heterocycles. The first-order valence-electron chi connectivity index (χ1n) is 5.90. The van der Waals surface area contributed by atoms with Crippen LogP contribution in [0, 0.1) is 0 Å². The van der Waals surface area contributed by atoms with E-state index in [2.05, 4.69) is 22.2 Å². The Balaban J connectivity index is 2.89. The summed E-state index contributed by atoms with van der Waals surface area (Å²) in [5, 5.41) is 3.06. The van der Waals surface area contributed by atoms with Gasteiger partial charge in [0.2, 0.25) is 5.88 Å². The van der Waals surface area contributed by atoms with Crippen LogP contribution in [-0.4, -0.2) is 36.8 Å². The molecule has 1 heterocycles. The number of ether oxygens (including phenoxy) is 2. The van der Waals surface area contributed by atoms with E-state index in [1.165, 1.54) is 6.33 Å². The summed E-state index contributed by atoms with van der Waals surface area (Å²) in [6, 6.07) is 0. The smallest absolute Gasteiger partial charge is 0.222 e. The summed E-state index contributed by atoms with van der Waals surface area (Å²) in [4.78, 5) is 8.40. The zero-order chi connectivity index (χ0) is 12.7. The lowest BCUT2D eigenvalue weighted by molar-refractivity contribution is 0.0881. The number of methoxy groups -OCH3 is 1. The SMILES string of the molecule is CCCc1c(NC)ncnc1OC(C)COC. The third-order valence-electron chi connectivity index (χ3n) is 2.36. The maximum Gasteiger partial charge on any atom is 0.222 e. The van der Waals surface area contributed by atoms with Crippen molar-refractivity contribution in [3.63, 3.8) is 0 Å². The van der Waals surface area contributed by atoms with Gasteiger partial charge in [-0.15, -0.1) is 0 Å². The summed E-state index contributed by atoms with van der Waals surface area (Å²) >= 11 is 0. The highest BCUT2D eigenvalue weighted by molar-refractivity contribution is 5.48. The molecule has 0 aliphatic carbocycles. The molecule has 0 aliphatic rings.